The second kappa shape index (κ2) is 4.45. The van der Waals surface area contributed by atoms with Crippen LogP contribution in [0, 0.1) is 18.3 Å². The lowest BCUT2D eigenvalue weighted by molar-refractivity contribution is 0.349. The van der Waals surface area contributed by atoms with E-state index in [0.717, 1.165) is 12.0 Å². The molecule has 4 heteroatoms. The fourth-order valence-electron chi connectivity index (χ4n) is 1.56. The molecule has 1 aromatic rings. The molecule has 82 valence electrons. The van der Waals surface area contributed by atoms with Crippen molar-refractivity contribution >= 4 is 0 Å². The first-order chi connectivity index (χ1) is 7.00. The number of nitriles is 1. The maximum Gasteiger partial charge on any atom is 0.105 e. The molecular weight excluding hydrogens is 188 g/mol. The molecule has 0 aliphatic rings. The van der Waals surface area contributed by atoms with Crippen molar-refractivity contribution in [3.8, 4) is 6.07 Å². The van der Waals surface area contributed by atoms with Crippen molar-refractivity contribution < 1.29 is 0 Å². The summed E-state index contributed by atoms with van der Waals surface area (Å²) in [5.41, 5.74) is 0.657. The average Bonchev–Trinajstić information content (AvgIpc) is 2.65. The van der Waals surface area contributed by atoms with Gasteiger partial charge in [0, 0.05) is 12.6 Å². The zero-order valence-corrected chi connectivity index (χ0v) is 9.78. The van der Waals surface area contributed by atoms with Crippen LogP contribution in [0.1, 0.15) is 31.9 Å². The Morgan fingerprint density at radius 1 is 1.73 bits per heavy atom. The van der Waals surface area contributed by atoms with E-state index in [1.165, 1.54) is 0 Å². The average molecular weight is 206 g/mol. The molecule has 1 heterocycles. The number of nitrogens with one attached hydrogen (secondary N) is 1. The van der Waals surface area contributed by atoms with Crippen molar-refractivity contribution in [2.75, 3.05) is 7.05 Å². The third-order valence-electron chi connectivity index (χ3n) is 2.68. The Morgan fingerprint density at radius 2 is 2.40 bits per heavy atom. The van der Waals surface area contributed by atoms with Crippen molar-refractivity contribution in [1.29, 1.82) is 5.26 Å². The Balaban J connectivity index is 2.71. The molecule has 0 aromatic carbocycles. The second-order valence-electron chi connectivity index (χ2n) is 4.24. The van der Waals surface area contributed by atoms with Gasteiger partial charge in [-0.05, 0) is 33.4 Å². The minimum absolute atomic E-state index is 0.218. The number of aromatic nitrogens is 2. The number of hydrogen-bond acceptors (Lipinski definition) is 3. The summed E-state index contributed by atoms with van der Waals surface area (Å²) in [5.74, 6) is 0. The van der Waals surface area contributed by atoms with Crippen LogP contribution >= 0.6 is 0 Å². The van der Waals surface area contributed by atoms with Gasteiger partial charge in [-0.25, -0.2) is 0 Å². The highest BCUT2D eigenvalue weighted by atomic mass is 15.3. The van der Waals surface area contributed by atoms with Gasteiger partial charge < -0.3 is 5.32 Å². The molecule has 1 aromatic heterocycles. The Morgan fingerprint density at radius 3 is 2.80 bits per heavy atom. The molecule has 0 bridgehead atoms. The van der Waals surface area contributed by atoms with Crippen molar-refractivity contribution in [3.05, 3.63) is 18.0 Å². The summed E-state index contributed by atoms with van der Waals surface area (Å²) in [4.78, 5) is 0. The molecular formula is C11H18N4. The standard InChI is InChI=1S/C11H18N4/c1-9-6-14-15(7-9)10(2)5-11(3,8-12)13-4/h6-7,10,13H,5H2,1-4H3. The number of hydrogen-bond donors (Lipinski definition) is 1. The van der Waals surface area contributed by atoms with Crippen LogP contribution in [0.3, 0.4) is 0 Å². The molecule has 2 atom stereocenters. The molecule has 0 fully saturated rings. The van der Waals surface area contributed by atoms with Gasteiger partial charge in [0.2, 0.25) is 0 Å². The molecule has 4 nitrogen and oxygen atoms in total. The Hall–Kier alpha value is -1.34. The van der Waals surface area contributed by atoms with Gasteiger partial charge in [-0.3, -0.25) is 4.68 Å². The number of rotatable bonds is 4. The molecule has 15 heavy (non-hydrogen) atoms. The Labute approximate surface area is 90.9 Å². The maximum atomic E-state index is 9.04. The van der Waals surface area contributed by atoms with Crippen LogP contribution in [0.15, 0.2) is 12.4 Å². The summed E-state index contributed by atoms with van der Waals surface area (Å²) in [6, 6.07) is 2.50. The molecule has 1 N–H and O–H groups in total. The van der Waals surface area contributed by atoms with Crippen LogP contribution in [0.4, 0.5) is 0 Å². The third-order valence-corrected chi connectivity index (χ3v) is 2.68. The van der Waals surface area contributed by atoms with Crippen molar-refractivity contribution in [3.63, 3.8) is 0 Å². The van der Waals surface area contributed by atoms with Gasteiger partial charge in [0.25, 0.3) is 0 Å². The Bertz CT molecular complexity index is 363. The van der Waals surface area contributed by atoms with E-state index in [0.29, 0.717) is 0 Å². The van der Waals surface area contributed by atoms with E-state index >= 15 is 0 Å². The topological polar surface area (TPSA) is 53.6 Å². The predicted octanol–water partition coefficient (Wildman–Crippen LogP) is 1.64. The van der Waals surface area contributed by atoms with Gasteiger partial charge in [-0.2, -0.15) is 10.4 Å². The van der Waals surface area contributed by atoms with E-state index in [1.807, 2.05) is 38.0 Å². The fourth-order valence-corrected chi connectivity index (χ4v) is 1.56. The largest absolute Gasteiger partial charge is 0.303 e. The summed E-state index contributed by atoms with van der Waals surface area (Å²) in [5, 5.41) is 16.3. The smallest absolute Gasteiger partial charge is 0.105 e. The summed E-state index contributed by atoms with van der Waals surface area (Å²) in [7, 11) is 1.81. The minimum Gasteiger partial charge on any atom is -0.303 e. The van der Waals surface area contributed by atoms with Crippen LogP contribution < -0.4 is 5.32 Å². The Kier molecular flexibility index (Phi) is 3.48. The lowest BCUT2D eigenvalue weighted by atomic mass is 9.96. The van der Waals surface area contributed by atoms with Gasteiger partial charge in [0.1, 0.15) is 5.54 Å². The van der Waals surface area contributed by atoms with Crippen LogP contribution in [0.5, 0.6) is 0 Å². The highest BCUT2D eigenvalue weighted by molar-refractivity contribution is 5.05. The monoisotopic (exact) mass is 206 g/mol. The second-order valence-corrected chi connectivity index (χ2v) is 4.24. The van der Waals surface area contributed by atoms with E-state index in [2.05, 4.69) is 23.4 Å². The first-order valence-electron chi connectivity index (χ1n) is 5.11. The molecule has 0 saturated carbocycles. The van der Waals surface area contributed by atoms with Crippen molar-refractivity contribution in [2.24, 2.45) is 0 Å². The van der Waals surface area contributed by atoms with Crippen molar-refractivity contribution in [1.82, 2.24) is 15.1 Å². The van der Waals surface area contributed by atoms with E-state index in [4.69, 9.17) is 5.26 Å². The van der Waals surface area contributed by atoms with Crippen LogP contribution in [0.2, 0.25) is 0 Å². The van der Waals surface area contributed by atoms with Crippen LogP contribution in [-0.2, 0) is 0 Å². The maximum absolute atomic E-state index is 9.04. The molecule has 0 aliphatic heterocycles. The van der Waals surface area contributed by atoms with E-state index in [9.17, 15) is 0 Å². The van der Waals surface area contributed by atoms with Crippen LogP contribution in [-0.4, -0.2) is 22.4 Å². The van der Waals surface area contributed by atoms with E-state index < -0.39 is 5.54 Å². The van der Waals surface area contributed by atoms with Crippen LogP contribution in [0.25, 0.3) is 0 Å². The predicted molar refractivity (Wildman–Crippen MR) is 59.4 cm³/mol. The third kappa shape index (κ3) is 2.80. The molecule has 0 spiro atoms. The molecule has 0 amide bonds. The summed E-state index contributed by atoms with van der Waals surface area (Å²) >= 11 is 0. The summed E-state index contributed by atoms with van der Waals surface area (Å²) < 4.78 is 1.91. The zero-order chi connectivity index (χ0) is 11.5. The lowest BCUT2D eigenvalue weighted by Crippen LogP contribution is -2.40. The lowest BCUT2D eigenvalue weighted by Gasteiger charge is -2.24. The number of aryl methyl sites for hydroxylation is 1. The fraction of sp³-hybridized carbons (Fsp3) is 0.636. The summed E-state index contributed by atoms with van der Waals surface area (Å²) in [6.45, 7) is 5.98. The van der Waals surface area contributed by atoms with E-state index in [1.54, 1.807) is 0 Å². The minimum atomic E-state index is -0.487. The normalized spacial score (nSPS) is 16.7. The zero-order valence-electron chi connectivity index (χ0n) is 9.78. The van der Waals surface area contributed by atoms with Gasteiger partial charge in [0.05, 0.1) is 18.3 Å². The highest BCUT2D eigenvalue weighted by Gasteiger charge is 2.25. The molecule has 2 unspecified atom stereocenters. The summed E-state index contributed by atoms with van der Waals surface area (Å²) in [6.07, 6.45) is 4.57. The quantitative estimate of drug-likeness (QED) is 0.814. The van der Waals surface area contributed by atoms with Gasteiger partial charge in [0.15, 0.2) is 0 Å². The van der Waals surface area contributed by atoms with E-state index in [-0.39, 0.29) is 6.04 Å². The first-order valence-corrected chi connectivity index (χ1v) is 5.11. The van der Waals surface area contributed by atoms with Gasteiger partial charge >= 0.3 is 0 Å². The first kappa shape index (κ1) is 11.7. The van der Waals surface area contributed by atoms with Gasteiger partial charge in [-0.1, -0.05) is 0 Å². The SMILES string of the molecule is CNC(C)(C#N)CC(C)n1cc(C)cn1. The highest BCUT2D eigenvalue weighted by Crippen LogP contribution is 2.19. The molecule has 1 rings (SSSR count). The van der Waals surface area contributed by atoms with Crippen molar-refractivity contribution in [2.45, 2.75) is 38.8 Å². The molecule has 0 aliphatic carbocycles. The molecule has 0 saturated heterocycles. The molecule has 0 radical (unpaired) electrons. The number of nitrogens with zero attached hydrogens (tertiary/aromatic N) is 3. The van der Waals surface area contributed by atoms with Gasteiger partial charge in [-0.15, -0.1) is 0 Å².